The Labute approximate surface area is 126 Å². The summed E-state index contributed by atoms with van der Waals surface area (Å²) in [5, 5.41) is 23.7. The van der Waals surface area contributed by atoms with Crippen LogP contribution in [0.25, 0.3) is 0 Å². The van der Waals surface area contributed by atoms with Gasteiger partial charge in [-0.25, -0.2) is 0 Å². The fourth-order valence-electron chi connectivity index (χ4n) is 1.78. The van der Waals surface area contributed by atoms with Gasteiger partial charge in [0.1, 0.15) is 11.5 Å². The van der Waals surface area contributed by atoms with Crippen LogP contribution in [-0.4, -0.2) is 42.1 Å². The molecule has 0 amide bonds. The summed E-state index contributed by atoms with van der Waals surface area (Å²) in [5.74, 6) is 1.26. The lowest BCUT2D eigenvalue weighted by Crippen LogP contribution is -2.56. The summed E-state index contributed by atoms with van der Waals surface area (Å²) in [5.41, 5.74) is -0.804. The zero-order chi connectivity index (χ0) is 16.3. The van der Waals surface area contributed by atoms with Crippen LogP contribution in [-0.2, 0) is 0 Å². The highest BCUT2D eigenvalue weighted by Gasteiger charge is 2.35. The van der Waals surface area contributed by atoms with E-state index >= 15 is 0 Å². The van der Waals surface area contributed by atoms with Crippen molar-refractivity contribution >= 4 is 0 Å². The van der Waals surface area contributed by atoms with Crippen molar-refractivity contribution in [3.8, 4) is 11.5 Å². The van der Waals surface area contributed by atoms with Gasteiger partial charge < -0.3 is 25.0 Å². The smallest absolute Gasteiger partial charge is 0.124 e. The molecule has 0 aromatic heterocycles. The SMILES string of the molecule is COc1ccc(OC)c(C(O)CNC(C)(C)C(C)(C)O)c1. The highest BCUT2D eigenvalue weighted by atomic mass is 16.5. The molecule has 5 heteroatoms. The molecule has 1 unspecified atom stereocenters. The van der Waals surface area contributed by atoms with Crippen molar-refractivity contribution in [1.82, 2.24) is 5.32 Å². The minimum Gasteiger partial charge on any atom is -0.497 e. The summed E-state index contributed by atoms with van der Waals surface area (Å²) >= 11 is 0. The van der Waals surface area contributed by atoms with Gasteiger partial charge in [0.15, 0.2) is 0 Å². The van der Waals surface area contributed by atoms with Crippen LogP contribution in [0.3, 0.4) is 0 Å². The Morgan fingerprint density at radius 2 is 1.76 bits per heavy atom. The van der Waals surface area contributed by atoms with Crippen LogP contribution >= 0.6 is 0 Å². The molecule has 5 nitrogen and oxygen atoms in total. The Bertz CT molecular complexity index is 466. The molecule has 0 heterocycles. The summed E-state index contributed by atoms with van der Waals surface area (Å²) in [4.78, 5) is 0. The van der Waals surface area contributed by atoms with Gasteiger partial charge in [0.05, 0.1) is 25.9 Å². The molecule has 0 aliphatic heterocycles. The maximum Gasteiger partial charge on any atom is 0.124 e. The number of rotatable bonds is 7. The standard InChI is InChI=1S/C16H27NO4/c1-15(2,16(3,4)19)17-10-13(18)12-9-11(20-5)7-8-14(12)21-6/h7-9,13,17-19H,10H2,1-6H3. The Hall–Kier alpha value is -1.30. The van der Waals surface area contributed by atoms with E-state index < -0.39 is 17.2 Å². The molecular weight excluding hydrogens is 270 g/mol. The van der Waals surface area contributed by atoms with Crippen molar-refractivity contribution in [2.75, 3.05) is 20.8 Å². The van der Waals surface area contributed by atoms with Gasteiger partial charge in [0.25, 0.3) is 0 Å². The monoisotopic (exact) mass is 297 g/mol. The van der Waals surface area contributed by atoms with Crippen LogP contribution in [0.15, 0.2) is 18.2 Å². The lowest BCUT2D eigenvalue weighted by atomic mass is 9.86. The molecule has 0 bridgehead atoms. The van der Waals surface area contributed by atoms with E-state index in [9.17, 15) is 10.2 Å². The van der Waals surface area contributed by atoms with Crippen molar-refractivity contribution in [2.45, 2.75) is 44.9 Å². The normalized spacial score (nSPS) is 13.9. The van der Waals surface area contributed by atoms with E-state index in [0.717, 1.165) is 0 Å². The first-order chi connectivity index (χ1) is 9.62. The molecule has 1 rings (SSSR count). The second kappa shape index (κ2) is 6.64. The first kappa shape index (κ1) is 17.8. The van der Waals surface area contributed by atoms with Gasteiger partial charge in [-0.15, -0.1) is 0 Å². The molecule has 0 saturated carbocycles. The number of benzene rings is 1. The fourth-order valence-corrected chi connectivity index (χ4v) is 1.78. The fraction of sp³-hybridized carbons (Fsp3) is 0.625. The molecule has 1 aromatic rings. The number of ether oxygens (including phenoxy) is 2. The average Bonchev–Trinajstić information content (AvgIpc) is 2.42. The van der Waals surface area contributed by atoms with Gasteiger partial charge in [-0.2, -0.15) is 0 Å². The molecule has 21 heavy (non-hydrogen) atoms. The van der Waals surface area contributed by atoms with Crippen LogP contribution in [0.2, 0.25) is 0 Å². The van der Waals surface area contributed by atoms with Crippen LogP contribution < -0.4 is 14.8 Å². The Morgan fingerprint density at radius 3 is 2.24 bits per heavy atom. The van der Waals surface area contributed by atoms with Gasteiger partial charge in [-0.3, -0.25) is 0 Å². The number of aliphatic hydroxyl groups is 2. The second-order valence-electron chi connectivity index (χ2n) is 6.19. The quantitative estimate of drug-likeness (QED) is 0.717. The van der Waals surface area contributed by atoms with Crippen LogP contribution in [0.4, 0.5) is 0 Å². The van der Waals surface area contributed by atoms with E-state index in [4.69, 9.17) is 9.47 Å². The number of hydrogen-bond donors (Lipinski definition) is 3. The molecule has 0 radical (unpaired) electrons. The lowest BCUT2D eigenvalue weighted by molar-refractivity contribution is -0.00988. The van der Waals surface area contributed by atoms with Gasteiger partial charge >= 0.3 is 0 Å². The maximum atomic E-state index is 10.4. The summed E-state index contributed by atoms with van der Waals surface area (Å²) in [7, 11) is 3.14. The Balaban J connectivity index is 2.87. The van der Waals surface area contributed by atoms with Crippen molar-refractivity contribution in [3.63, 3.8) is 0 Å². The summed E-state index contributed by atoms with van der Waals surface area (Å²) in [6.07, 6.45) is -0.767. The maximum absolute atomic E-state index is 10.4. The van der Waals surface area contributed by atoms with Crippen molar-refractivity contribution in [1.29, 1.82) is 0 Å². The molecule has 120 valence electrons. The number of β-amino-alcohol motifs (C(OH)–C–C–N with tert-alkyl or cyclic N) is 1. The molecule has 0 spiro atoms. The topological polar surface area (TPSA) is 71.0 Å². The van der Waals surface area contributed by atoms with E-state index in [1.165, 1.54) is 0 Å². The molecule has 0 saturated heterocycles. The van der Waals surface area contributed by atoms with E-state index in [0.29, 0.717) is 23.6 Å². The zero-order valence-corrected chi connectivity index (χ0v) is 13.7. The molecule has 0 fully saturated rings. The Morgan fingerprint density at radius 1 is 1.14 bits per heavy atom. The highest BCUT2D eigenvalue weighted by molar-refractivity contribution is 5.41. The molecule has 3 N–H and O–H groups in total. The van der Waals surface area contributed by atoms with Gasteiger partial charge in [-0.1, -0.05) is 0 Å². The molecule has 1 atom stereocenters. The third-order valence-electron chi connectivity index (χ3n) is 4.06. The van der Waals surface area contributed by atoms with E-state index in [-0.39, 0.29) is 0 Å². The summed E-state index contributed by atoms with van der Waals surface area (Å²) in [6, 6.07) is 5.30. The van der Waals surface area contributed by atoms with Crippen LogP contribution in [0.1, 0.15) is 39.4 Å². The number of nitrogens with one attached hydrogen (secondary N) is 1. The predicted molar refractivity (Wildman–Crippen MR) is 82.9 cm³/mol. The zero-order valence-electron chi connectivity index (χ0n) is 13.7. The van der Waals surface area contributed by atoms with Crippen molar-refractivity contribution < 1.29 is 19.7 Å². The molecule has 0 aliphatic carbocycles. The number of aliphatic hydroxyl groups excluding tert-OH is 1. The average molecular weight is 297 g/mol. The Kier molecular flexibility index (Phi) is 5.61. The number of hydrogen-bond acceptors (Lipinski definition) is 5. The third kappa shape index (κ3) is 4.33. The van der Waals surface area contributed by atoms with Gasteiger partial charge in [0.2, 0.25) is 0 Å². The minimum absolute atomic E-state index is 0.292. The third-order valence-corrected chi connectivity index (χ3v) is 4.06. The minimum atomic E-state index is -0.912. The first-order valence-corrected chi connectivity index (χ1v) is 7.00. The predicted octanol–water partition coefficient (Wildman–Crippen LogP) is 1.88. The summed E-state index contributed by atoms with van der Waals surface area (Å²) in [6.45, 7) is 7.54. The van der Waals surface area contributed by atoms with E-state index in [2.05, 4.69) is 5.32 Å². The second-order valence-corrected chi connectivity index (χ2v) is 6.19. The molecule has 0 aliphatic rings. The lowest BCUT2D eigenvalue weighted by Gasteiger charge is -2.39. The summed E-state index contributed by atoms with van der Waals surface area (Å²) < 4.78 is 10.4. The largest absolute Gasteiger partial charge is 0.497 e. The molecule has 1 aromatic carbocycles. The van der Waals surface area contributed by atoms with E-state index in [1.54, 1.807) is 46.3 Å². The van der Waals surface area contributed by atoms with Crippen molar-refractivity contribution in [2.24, 2.45) is 0 Å². The first-order valence-electron chi connectivity index (χ1n) is 7.00. The van der Waals surface area contributed by atoms with Crippen LogP contribution in [0.5, 0.6) is 11.5 Å². The van der Waals surface area contributed by atoms with Gasteiger partial charge in [-0.05, 0) is 45.9 Å². The molecular formula is C16H27NO4. The van der Waals surface area contributed by atoms with Gasteiger partial charge in [0, 0.05) is 17.6 Å². The van der Waals surface area contributed by atoms with E-state index in [1.807, 2.05) is 13.8 Å². The van der Waals surface area contributed by atoms with Crippen LogP contribution in [0, 0.1) is 0 Å². The van der Waals surface area contributed by atoms with Crippen molar-refractivity contribution in [3.05, 3.63) is 23.8 Å². The number of methoxy groups -OCH3 is 2. The highest BCUT2D eigenvalue weighted by Crippen LogP contribution is 2.30.